The van der Waals surface area contributed by atoms with Gasteiger partial charge >= 0.3 is 5.97 Å². The Hall–Kier alpha value is -3.25. The monoisotopic (exact) mass is 509 g/mol. The van der Waals surface area contributed by atoms with Gasteiger partial charge in [-0.3, -0.25) is 4.79 Å². The Bertz CT molecular complexity index is 1250. The van der Waals surface area contributed by atoms with Crippen molar-refractivity contribution in [2.75, 3.05) is 14.2 Å². The van der Waals surface area contributed by atoms with Crippen molar-refractivity contribution in [3.63, 3.8) is 0 Å². The van der Waals surface area contributed by atoms with Crippen LogP contribution in [0.1, 0.15) is 63.0 Å². The fourth-order valence-electron chi connectivity index (χ4n) is 5.00. The van der Waals surface area contributed by atoms with Crippen molar-refractivity contribution >= 4 is 23.4 Å². The number of ether oxygens (including phenoxy) is 3. The molecule has 0 unspecified atom stereocenters. The minimum Gasteiger partial charge on any atom is -0.493 e. The first-order valence-electron chi connectivity index (χ1n) is 12.2. The summed E-state index contributed by atoms with van der Waals surface area (Å²) in [6.07, 6.45) is 1.38. The first kappa shape index (κ1) is 25.8. The highest BCUT2D eigenvalue weighted by molar-refractivity contribution is 6.31. The number of carbonyl (C=O) groups excluding carboxylic acids is 2. The van der Waals surface area contributed by atoms with E-state index in [0.29, 0.717) is 52.6 Å². The molecule has 3 atom stereocenters. The van der Waals surface area contributed by atoms with E-state index in [0.717, 1.165) is 16.8 Å². The summed E-state index contributed by atoms with van der Waals surface area (Å²) < 4.78 is 16.6. The number of Topliss-reactive ketones (excluding diaryl/α,β-unsaturated/α-hetero) is 1. The zero-order valence-corrected chi connectivity index (χ0v) is 22.1. The molecule has 1 heterocycles. The molecule has 0 aromatic heterocycles. The molecule has 2 aromatic carbocycles. The van der Waals surface area contributed by atoms with E-state index < -0.39 is 11.9 Å². The largest absolute Gasteiger partial charge is 0.493 e. The summed E-state index contributed by atoms with van der Waals surface area (Å²) >= 11 is 6.62. The third-order valence-electron chi connectivity index (χ3n) is 7.03. The molecular weight excluding hydrogens is 478 g/mol. The number of nitrogens with one attached hydrogen (secondary N) is 1. The Balaban J connectivity index is 1.77. The number of benzene rings is 2. The van der Waals surface area contributed by atoms with Gasteiger partial charge in [-0.1, -0.05) is 42.8 Å². The minimum atomic E-state index is -0.592. The standard InChI is InChI=1S/C29H32ClNO5/c1-6-16(2)36-29(33)26-17(3)31-22-13-19(18-11-12-24(34-4)25(15-18)35-5)14-23(32)28(22)27(26)20-9-7-8-10-21(20)30/h7-12,15-16,19,27,31H,6,13-14H2,1-5H3/t16-,19-,27-/m1/s1. The van der Waals surface area contributed by atoms with Crippen LogP contribution >= 0.6 is 11.6 Å². The molecule has 7 heteroatoms. The van der Waals surface area contributed by atoms with E-state index in [1.54, 1.807) is 20.3 Å². The maximum absolute atomic E-state index is 13.8. The molecule has 4 rings (SSSR count). The maximum Gasteiger partial charge on any atom is 0.337 e. The van der Waals surface area contributed by atoms with Gasteiger partial charge < -0.3 is 19.5 Å². The number of rotatable bonds is 7. The molecule has 0 amide bonds. The summed E-state index contributed by atoms with van der Waals surface area (Å²) in [4.78, 5) is 27.1. The van der Waals surface area contributed by atoms with E-state index in [-0.39, 0.29) is 17.8 Å². The highest BCUT2D eigenvalue weighted by Crippen LogP contribution is 2.47. The van der Waals surface area contributed by atoms with Crippen LogP contribution < -0.4 is 14.8 Å². The highest BCUT2D eigenvalue weighted by Gasteiger charge is 2.42. The van der Waals surface area contributed by atoms with E-state index in [9.17, 15) is 9.59 Å². The van der Waals surface area contributed by atoms with Crippen molar-refractivity contribution in [3.8, 4) is 11.5 Å². The van der Waals surface area contributed by atoms with Gasteiger partial charge in [0.1, 0.15) is 0 Å². The summed E-state index contributed by atoms with van der Waals surface area (Å²) in [6.45, 7) is 5.67. The predicted octanol–water partition coefficient (Wildman–Crippen LogP) is 6.06. The van der Waals surface area contributed by atoms with Crippen LogP contribution in [0.3, 0.4) is 0 Å². The third kappa shape index (κ3) is 4.87. The summed E-state index contributed by atoms with van der Waals surface area (Å²) in [5.41, 5.74) is 4.22. The Kier molecular flexibility index (Phi) is 7.74. The first-order valence-corrected chi connectivity index (χ1v) is 12.6. The number of hydrogen-bond donors (Lipinski definition) is 1. The summed E-state index contributed by atoms with van der Waals surface area (Å²) in [6, 6.07) is 13.1. The molecule has 6 nitrogen and oxygen atoms in total. The quantitative estimate of drug-likeness (QED) is 0.457. The fraction of sp³-hybridized carbons (Fsp3) is 0.379. The van der Waals surface area contributed by atoms with E-state index in [1.165, 1.54) is 0 Å². The molecule has 2 aromatic rings. The van der Waals surface area contributed by atoms with E-state index in [1.807, 2.05) is 57.2 Å². The number of allylic oxidation sites excluding steroid dienone is 3. The third-order valence-corrected chi connectivity index (χ3v) is 7.37. The SMILES string of the molecule is CC[C@@H](C)OC(=O)C1=C(C)NC2=C(C(=O)C[C@H](c3ccc(OC)c(OC)c3)C2)[C@@H]1c1ccccc1Cl. The lowest BCUT2D eigenvalue weighted by Crippen LogP contribution is -2.36. The molecule has 0 spiro atoms. The lowest BCUT2D eigenvalue weighted by molar-refractivity contribution is -0.144. The number of hydrogen-bond acceptors (Lipinski definition) is 6. The van der Waals surface area contributed by atoms with E-state index in [2.05, 4.69) is 5.32 Å². The van der Waals surface area contributed by atoms with E-state index >= 15 is 0 Å². The second kappa shape index (κ2) is 10.8. The minimum absolute atomic E-state index is 0.0187. The molecule has 0 saturated heterocycles. The van der Waals surface area contributed by atoms with Crippen molar-refractivity contribution in [1.29, 1.82) is 0 Å². The molecule has 36 heavy (non-hydrogen) atoms. The van der Waals surface area contributed by atoms with Crippen LogP contribution in [0.5, 0.6) is 11.5 Å². The second-order valence-corrected chi connectivity index (χ2v) is 9.68. The smallest absolute Gasteiger partial charge is 0.337 e. The zero-order chi connectivity index (χ0) is 26.0. The number of methoxy groups -OCH3 is 2. The Morgan fingerprint density at radius 1 is 1.11 bits per heavy atom. The van der Waals surface area contributed by atoms with Crippen LogP contribution in [0.15, 0.2) is 65.0 Å². The summed E-state index contributed by atoms with van der Waals surface area (Å²) in [7, 11) is 3.19. The van der Waals surface area contributed by atoms with Crippen molar-refractivity contribution in [2.45, 2.75) is 58.0 Å². The van der Waals surface area contributed by atoms with Gasteiger partial charge in [-0.2, -0.15) is 0 Å². The number of esters is 1. The number of carbonyl (C=O) groups is 2. The van der Waals surface area contributed by atoms with Crippen molar-refractivity contribution in [1.82, 2.24) is 5.32 Å². The normalized spacial score (nSPS) is 20.4. The highest BCUT2D eigenvalue weighted by atomic mass is 35.5. The van der Waals surface area contributed by atoms with Gasteiger partial charge in [0, 0.05) is 34.3 Å². The van der Waals surface area contributed by atoms with Crippen LogP contribution in [-0.2, 0) is 14.3 Å². The lowest BCUT2D eigenvalue weighted by Gasteiger charge is -2.37. The molecule has 0 radical (unpaired) electrons. The molecule has 1 aliphatic heterocycles. The number of ketones is 1. The Morgan fingerprint density at radius 3 is 2.50 bits per heavy atom. The van der Waals surface area contributed by atoms with Gasteiger partial charge in [0.25, 0.3) is 0 Å². The zero-order valence-electron chi connectivity index (χ0n) is 21.3. The van der Waals surface area contributed by atoms with Crippen molar-refractivity contribution in [3.05, 3.63) is 81.2 Å². The van der Waals surface area contributed by atoms with Crippen molar-refractivity contribution in [2.24, 2.45) is 0 Å². The summed E-state index contributed by atoms with van der Waals surface area (Å²) in [5.74, 6) is 0.178. The number of halogens is 1. The Morgan fingerprint density at radius 2 is 1.83 bits per heavy atom. The fourth-order valence-corrected chi connectivity index (χ4v) is 5.25. The van der Waals surface area contributed by atoms with Gasteiger partial charge in [-0.15, -0.1) is 0 Å². The van der Waals surface area contributed by atoms with Gasteiger partial charge in [0.15, 0.2) is 17.3 Å². The van der Waals surface area contributed by atoms with Gasteiger partial charge in [0.2, 0.25) is 0 Å². The number of dihydropyridines is 1. The molecular formula is C29H32ClNO5. The van der Waals surface area contributed by atoms with Crippen LogP contribution in [0, 0.1) is 0 Å². The van der Waals surface area contributed by atoms with Crippen LogP contribution in [0.4, 0.5) is 0 Å². The average molecular weight is 510 g/mol. The molecule has 2 aliphatic rings. The molecule has 0 fully saturated rings. The average Bonchev–Trinajstić information content (AvgIpc) is 2.87. The Labute approximate surface area is 217 Å². The van der Waals surface area contributed by atoms with Crippen LogP contribution in [-0.4, -0.2) is 32.1 Å². The first-order chi connectivity index (χ1) is 17.3. The summed E-state index contributed by atoms with van der Waals surface area (Å²) in [5, 5.41) is 3.89. The second-order valence-electron chi connectivity index (χ2n) is 9.28. The van der Waals surface area contributed by atoms with Crippen molar-refractivity contribution < 1.29 is 23.8 Å². The lowest BCUT2D eigenvalue weighted by atomic mass is 9.71. The van der Waals surface area contributed by atoms with E-state index in [4.69, 9.17) is 25.8 Å². The molecule has 190 valence electrons. The molecule has 0 bridgehead atoms. The van der Waals surface area contributed by atoms with Gasteiger partial charge in [0.05, 0.1) is 25.9 Å². The maximum atomic E-state index is 13.8. The molecule has 0 saturated carbocycles. The van der Waals surface area contributed by atoms with Gasteiger partial charge in [-0.05, 0) is 61.9 Å². The van der Waals surface area contributed by atoms with Crippen LogP contribution in [0.25, 0.3) is 0 Å². The predicted molar refractivity (Wildman–Crippen MR) is 139 cm³/mol. The van der Waals surface area contributed by atoms with Gasteiger partial charge in [-0.25, -0.2) is 4.79 Å². The topological polar surface area (TPSA) is 73.9 Å². The molecule has 1 aliphatic carbocycles. The van der Waals surface area contributed by atoms with Crippen LogP contribution in [0.2, 0.25) is 5.02 Å². The molecule has 1 N–H and O–H groups in total.